The Morgan fingerprint density at radius 3 is 2.45 bits per heavy atom. The van der Waals surface area contributed by atoms with Crippen LogP contribution in [0.15, 0.2) is 23.1 Å². The molecule has 1 aromatic carbocycles. The molecule has 1 aromatic heterocycles. The summed E-state index contributed by atoms with van der Waals surface area (Å²) in [6, 6.07) is 4.74. The minimum atomic E-state index is -3.79. The Morgan fingerprint density at radius 2 is 1.90 bits per heavy atom. The van der Waals surface area contributed by atoms with Gasteiger partial charge in [0.05, 0.1) is 10.0 Å². The van der Waals surface area contributed by atoms with Gasteiger partial charge in [-0.2, -0.15) is 0 Å². The largest absolute Gasteiger partial charge is 0.398 e. The topological polar surface area (TPSA) is 72.2 Å². The lowest BCUT2D eigenvalue weighted by molar-refractivity contribution is 0.601. The number of rotatable bonds is 3. The fourth-order valence-electron chi connectivity index (χ4n) is 1.68. The summed E-state index contributed by atoms with van der Waals surface area (Å²) in [7, 11) is -3.79. The second-order valence-corrected chi connectivity index (χ2v) is 8.20. The molecule has 108 valence electrons. The van der Waals surface area contributed by atoms with Crippen LogP contribution in [0.3, 0.4) is 0 Å². The van der Waals surface area contributed by atoms with Gasteiger partial charge in [0.15, 0.2) is 0 Å². The molecule has 0 amide bonds. The maximum atomic E-state index is 12.3. The van der Waals surface area contributed by atoms with Crippen molar-refractivity contribution in [2.24, 2.45) is 0 Å². The Morgan fingerprint density at radius 1 is 1.25 bits per heavy atom. The number of aryl methyl sites for hydroxylation is 1. The molecule has 2 rings (SSSR count). The molecule has 0 aliphatic rings. The highest BCUT2D eigenvalue weighted by Gasteiger charge is 2.22. The van der Waals surface area contributed by atoms with Crippen molar-refractivity contribution in [2.75, 3.05) is 10.5 Å². The van der Waals surface area contributed by atoms with Crippen LogP contribution in [-0.2, 0) is 10.0 Å². The quantitative estimate of drug-likeness (QED) is 0.820. The number of nitrogens with one attached hydrogen (secondary N) is 1. The minimum absolute atomic E-state index is 0.0345. The highest BCUT2D eigenvalue weighted by molar-refractivity contribution is 7.93. The summed E-state index contributed by atoms with van der Waals surface area (Å²) in [6.45, 7) is 3.61. The Bertz CT molecular complexity index is 770. The molecule has 0 aliphatic heterocycles. The van der Waals surface area contributed by atoms with E-state index in [0.29, 0.717) is 21.3 Å². The van der Waals surface area contributed by atoms with Gasteiger partial charge >= 0.3 is 0 Å². The molecule has 4 nitrogen and oxygen atoms in total. The third-order valence-corrected chi connectivity index (χ3v) is 6.01. The average molecular weight is 351 g/mol. The molecule has 0 saturated heterocycles. The van der Waals surface area contributed by atoms with Crippen molar-refractivity contribution in [2.45, 2.75) is 18.7 Å². The van der Waals surface area contributed by atoms with Gasteiger partial charge in [-0.3, -0.25) is 4.72 Å². The van der Waals surface area contributed by atoms with Gasteiger partial charge in [0.25, 0.3) is 10.0 Å². The van der Waals surface area contributed by atoms with Gasteiger partial charge in [0.2, 0.25) is 0 Å². The number of nitrogen functional groups attached to an aromatic ring is 1. The third kappa shape index (κ3) is 2.88. The van der Waals surface area contributed by atoms with E-state index in [0.717, 1.165) is 16.9 Å². The molecule has 0 unspecified atom stereocenters. The lowest BCUT2D eigenvalue weighted by Crippen LogP contribution is -2.14. The zero-order chi connectivity index (χ0) is 15.1. The first kappa shape index (κ1) is 15.4. The number of benzene rings is 1. The second-order valence-electron chi connectivity index (χ2n) is 4.26. The Hall–Kier alpha value is -0.950. The molecule has 3 N–H and O–H groups in total. The van der Waals surface area contributed by atoms with Crippen LogP contribution in [0, 0.1) is 13.8 Å². The smallest absolute Gasteiger partial charge is 0.264 e. The zero-order valence-electron chi connectivity index (χ0n) is 10.7. The summed E-state index contributed by atoms with van der Waals surface area (Å²) in [5.74, 6) is 0. The lowest BCUT2D eigenvalue weighted by atomic mass is 10.1. The summed E-state index contributed by atoms with van der Waals surface area (Å²) < 4.78 is 27.5. The van der Waals surface area contributed by atoms with Crippen molar-refractivity contribution in [3.8, 4) is 0 Å². The summed E-state index contributed by atoms with van der Waals surface area (Å²) in [5.41, 5.74) is 8.44. The molecule has 1 heterocycles. The first-order valence-corrected chi connectivity index (χ1v) is 8.61. The first-order chi connectivity index (χ1) is 9.22. The molecular weight excluding hydrogens is 339 g/mol. The predicted octanol–water partition coefficient (Wildman–Crippen LogP) is 4.05. The van der Waals surface area contributed by atoms with Gasteiger partial charge in [-0.15, -0.1) is 11.3 Å². The number of hydrogen-bond donors (Lipinski definition) is 2. The second kappa shape index (κ2) is 5.44. The molecule has 0 aliphatic carbocycles. The van der Waals surface area contributed by atoms with Gasteiger partial charge in [-0.1, -0.05) is 29.3 Å². The predicted molar refractivity (Wildman–Crippen MR) is 85.5 cm³/mol. The highest BCUT2D eigenvalue weighted by atomic mass is 35.5. The van der Waals surface area contributed by atoms with Gasteiger partial charge < -0.3 is 5.73 Å². The molecule has 8 heteroatoms. The van der Waals surface area contributed by atoms with Crippen molar-refractivity contribution in [3.63, 3.8) is 0 Å². The molecule has 0 atom stereocenters. The van der Waals surface area contributed by atoms with Gasteiger partial charge in [0, 0.05) is 5.69 Å². The molecule has 0 bridgehead atoms. The average Bonchev–Trinajstić information content (AvgIpc) is 2.70. The van der Waals surface area contributed by atoms with E-state index in [1.165, 1.54) is 6.07 Å². The lowest BCUT2D eigenvalue weighted by Gasteiger charge is -2.13. The van der Waals surface area contributed by atoms with E-state index in [2.05, 4.69) is 4.72 Å². The van der Waals surface area contributed by atoms with Crippen LogP contribution in [0.2, 0.25) is 8.67 Å². The fraction of sp³-hybridized carbons (Fsp3) is 0.167. The molecule has 0 spiro atoms. The molecule has 0 saturated carbocycles. The number of nitrogens with two attached hydrogens (primary N) is 1. The van der Waals surface area contributed by atoms with Crippen LogP contribution in [-0.4, -0.2) is 8.42 Å². The van der Waals surface area contributed by atoms with Crippen LogP contribution >= 0.6 is 34.5 Å². The van der Waals surface area contributed by atoms with E-state index in [1.54, 1.807) is 19.1 Å². The number of halogens is 2. The number of thiophene rings is 1. The van der Waals surface area contributed by atoms with Crippen molar-refractivity contribution in [1.29, 1.82) is 0 Å². The first-order valence-electron chi connectivity index (χ1n) is 5.55. The minimum Gasteiger partial charge on any atom is -0.398 e. The van der Waals surface area contributed by atoms with Crippen LogP contribution < -0.4 is 10.5 Å². The molecule has 0 radical (unpaired) electrons. The normalized spacial score (nSPS) is 11.6. The third-order valence-electron chi connectivity index (χ3n) is 2.89. The van der Waals surface area contributed by atoms with Crippen molar-refractivity contribution in [1.82, 2.24) is 0 Å². The van der Waals surface area contributed by atoms with E-state index in [1.807, 2.05) is 6.92 Å². The van der Waals surface area contributed by atoms with Crippen LogP contribution in [0.4, 0.5) is 11.4 Å². The van der Waals surface area contributed by atoms with Crippen LogP contribution in [0.5, 0.6) is 0 Å². The fourth-order valence-corrected chi connectivity index (χ4v) is 4.96. The van der Waals surface area contributed by atoms with E-state index in [-0.39, 0.29) is 9.23 Å². The van der Waals surface area contributed by atoms with Gasteiger partial charge in [-0.25, -0.2) is 8.42 Å². The summed E-state index contributed by atoms with van der Waals surface area (Å²) in [4.78, 5) is -0.0345. The molecule has 20 heavy (non-hydrogen) atoms. The van der Waals surface area contributed by atoms with Crippen LogP contribution in [0.25, 0.3) is 0 Å². The Labute approximate surface area is 131 Å². The summed E-state index contributed by atoms with van der Waals surface area (Å²) >= 11 is 12.7. The van der Waals surface area contributed by atoms with E-state index in [4.69, 9.17) is 28.9 Å². The van der Waals surface area contributed by atoms with Crippen molar-refractivity contribution < 1.29 is 8.42 Å². The Kier molecular flexibility index (Phi) is 4.20. The molecule has 2 aromatic rings. The summed E-state index contributed by atoms with van der Waals surface area (Å²) in [5, 5.41) is 0. The number of anilines is 2. The summed E-state index contributed by atoms with van der Waals surface area (Å²) in [6.07, 6.45) is 0. The Balaban J connectivity index is 2.44. The monoisotopic (exact) mass is 350 g/mol. The highest BCUT2D eigenvalue weighted by Crippen LogP contribution is 2.35. The van der Waals surface area contributed by atoms with E-state index < -0.39 is 10.0 Å². The van der Waals surface area contributed by atoms with E-state index in [9.17, 15) is 8.42 Å². The van der Waals surface area contributed by atoms with E-state index >= 15 is 0 Å². The number of hydrogen-bond acceptors (Lipinski definition) is 4. The van der Waals surface area contributed by atoms with Gasteiger partial charge in [-0.05, 0) is 37.1 Å². The van der Waals surface area contributed by atoms with Crippen molar-refractivity contribution >= 4 is 55.9 Å². The maximum Gasteiger partial charge on any atom is 0.264 e. The maximum absolute atomic E-state index is 12.3. The van der Waals surface area contributed by atoms with Crippen LogP contribution in [0.1, 0.15) is 11.1 Å². The standard InChI is InChI=1S/C12H12Cl2N2O2S2/c1-6-3-4-8(7(2)11(6)15)16-20(17,18)9-5-10(13)19-12(9)14/h3-5,16H,15H2,1-2H3. The zero-order valence-corrected chi connectivity index (χ0v) is 13.8. The van der Waals surface area contributed by atoms with Gasteiger partial charge in [0.1, 0.15) is 9.23 Å². The SMILES string of the molecule is Cc1ccc(NS(=O)(=O)c2cc(Cl)sc2Cl)c(C)c1N. The number of sulfonamides is 1. The molecule has 0 fully saturated rings. The molecular formula is C12H12Cl2N2O2S2. The van der Waals surface area contributed by atoms with Crippen molar-refractivity contribution in [3.05, 3.63) is 38.0 Å².